The summed E-state index contributed by atoms with van der Waals surface area (Å²) < 4.78 is 11.4. The van der Waals surface area contributed by atoms with Gasteiger partial charge in [0, 0.05) is 30.7 Å². The zero-order valence-electron chi connectivity index (χ0n) is 15.1. The van der Waals surface area contributed by atoms with E-state index >= 15 is 0 Å². The summed E-state index contributed by atoms with van der Waals surface area (Å²) in [6, 6.07) is 5.73. The Labute approximate surface area is 154 Å². The Morgan fingerprint density at radius 1 is 1.44 bits per heavy atom. The number of fused-ring (bicyclic) bond motifs is 1. The number of benzene rings is 1. The molecule has 2 saturated heterocycles. The minimum atomic E-state index is -0.0869. The van der Waals surface area contributed by atoms with Crippen LogP contribution >= 0.6 is 11.6 Å². The van der Waals surface area contributed by atoms with Crippen molar-refractivity contribution in [2.24, 2.45) is 5.92 Å². The number of hydrogen-bond donors (Lipinski definition) is 1. The van der Waals surface area contributed by atoms with Crippen molar-refractivity contribution in [2.75, 3.05) is 26.3 Å². The van der Waals surface area contributed by atoms with E-state index in [1.54, 1.807) is 18.2 Å². The van der Waals surface area contributed by atoms with Crippen LogP contribution in [0.2, 0.25) is 5.02 Å². The molecule has 6 heteroatoms. The molecule has 1 N–H and O–H groups in total. The van der Waals surface area contributed by atoms with Gasteiger partial charge in [0.1, 0.15) is 5.75 Å². The molecule has 0 bridgehead atoms. The van der Waals surface area contributed by atoms with E-state index in [0.29, 0.717) is 34.9 Å². The molecule has 25 heavy (non-hydrogen) atoms. The summed E-state index contributed by atoms with van der Waals surface area (Å²) in [6.07, 6.45) is 1.22. The third-order valence-electron chi connectivity index (χ3n) is 5.02. The maximum Gasteiger partial charge on any atom is 0.251 e. The molecule has 2 fully saturated rings. The molecule has 2 aliphatic rings. The summed E-state index contributed by atoms with van der Waals surface area (Å²) in [7, 11) is 0. The van der Waals surface area contributed by atoms with Gasteiger partial charge in [0.2, 0.25) is 0 Å². The number of carbonyl (C=O) groups is 1. The first kappa shape index (κ1) is 18.5. The van der Waals surface area contributed by atoms with Crippen LogP contribution in [0, 0.1) is 5.92 Å². The Kier molecular flexibility index (Phi) is 5.87. The van der Waals surface area contributed by atoms with E-state index in [9.17, 15) is 4.79 Å². The average molecular weight is 367 g/mol. The van der Waals surface area contributed by atoms with Crippen molar-refractivity contribution in [1.82, 2.24) is 10.2 Å². The van der Waals surface area contributed by atoms with Crippen molar-refractivity contribution in [3.8, 4) is 5.75 Å². The van der Waals surface area contributed by atoms with Crippen molar-refractivity contribution in [3.05, 3.63) is 28.8 Å². The summed E-state index contributed by atoms with van der Waals surface area (Å²) in [5.41, 5.74) is 0.564. The fraction of sp³-hybridized carbons (Fsp3) is 0.632. The van der Waals surface area contributed by atoms with Crippen LogP contribution in [-0.2, 0) is 4.74 Å². The Morgan fingerprint density at radius 3 is 2.92 bits per heavy atom. The molecule has 0 spiro atoms. The lowest BCUT2D eigenvalue weighted by Gasteiger charge is -2.36. The van der Waals surface area contributed by atoms with E-state index in [-0.39, 0.29) is 18.1 Å². The largest absolute Gasteiger partial charge is 0.492 e. The van der Waals surface area contributed by atoms with Gasteiger partial charge in [-0.2, -0.15) is 0 Å². The second kappa shape index (κ2) is 7.94. The molecular weight excluding hydrogens is 340 g/mol. The van der Waals surface area contributed by atoms with E-state index in [1.165, 1.54) is 0 Å². The van der Waals surface area contributed by atoms with Crippen LogP contribution < -0.4 is 10.1 Å². The Balaban J connectivity index is 1.58. The zero-order chi connectivity index (χ0) is 18.0. The molecule has 2 aliphatic heterocycles. The Hall–Kier alpha value is -1.30. The van der Waals surface area contributed by atoms with Gasteiger partial charge in [0.15, 0.2) is 0 Å². The van der Waals surface area contributed by atoms with Crippen molar-refractivity contribution in [3.63, 3.8) is 0 Å². The summed E-state index contributed by atoms with van der Waals surface area (Å²) in [5, 5.41) is 3.60. The maximum absolute atomic E-state index is 12.5. The molecule has 0 saturated carbocycles. The highest BCUT2D eigenvalue weighted by Gasteiger charge is 2.38. The summed E-state index contributed by atoms with van der Waals surface area (Å²) in [6.45, 7) is 9.41. The van der Waals surface area contributed by atoms with Gasteiger partial charge in [-0.1, -0.05) is 25.4 Å². The highest BCUT2D eigenvalue weighted by molar-refractivity contribution is 6.32. The fourth-order valence-electron chi connectivity index (χ4n) is 3.59. The molecule has 1 aromatic carbocycles. The molecule has 3 rings (SSSR count). The van der Waals surface area contributed by atoms with Gasteiger partial charge in [-0.05, 0) is 37.5 Å². The third kappa shape index (κ3) is 4.27. The van der Waals surface area contributed by atoms with Crippen LogP contribution in [0.1, 0.15) is 37.6 Å². The predicted octanol–water partition coefficient (Wildman–Crippen LogP) is 2.97. The molecule has 1 aromatic rings. The molecule has 1 amide bonds. The van der Waals surface area contributed by atoms with Gasteiger partial charge in [-0.15, -0.1) is 0 Å². The lowest BCUT2D eigenvalue weighted by atomic mass is 10.0. The summed E-state index contributed by atoms with van der Waals surface area (Å²) in [5.74, 6) is 1.03. The topological polar surface area (TPSA) is 50.8 Å². The van der Waals surface area contributed by atoms with Gasteiger partial charge in [0.05, 0.1) is 24.3 Å². The van der Waals surface area contributed by atoms with Crippen LogP contribution in [0.3, 0.4) is 0 Å². The number of nitrogens with zero attached hydrogens (tertiary/aromatic N) is 1. The number of morpholine rings is 1. The molecule has 0 radical (unpaired) electrons. The standard InChI is InChI=1S/C19H27ClN2O3/c1-4-24-17-6-5-13(7-16(17)20)19(23)21-14-8-15-11-25-18(12(2)3)10-22(15)9-14/h5-7,12,14-15,18H,4,8-11H2,1-3H3,(H,21,23)/t14-,15-,18-/m0/s1. The highest BCUT2D eigenvalue weighted by atomic mass is 35.5. The second-order valence-electron chi connectivity index (χ2n) is 7.21. The van der Waals surface area contributed by atoms with Crippen LogP contribution in [0.5, 0.6) is 5.75 Å². The van der Waals surface area contributed by atoms with E-state index in [0.717, 1.165) is 26.1 Å². The number of carbonyl (C=O) groups excluding carboxylic acids is 1. The molecule has 5 nitrogen and oxygen atoms in total. The smallest absolute Gasteiger partial charge is 0.251 e. The predicted molar refractivity (Wildman–Crippen MR) is 98.4 cm³/mol. The normalized spacial score (nSPS) is 26.5. The minimum absolute atomic E-state index is 0.0869. The quantitative estimate of drug-likeness (QED) is 0.870. The zero-order valence-corrected chi connectivity index (χ0v) is 15.9. The monoisotopic (exact) mass is 366 g/mol. The van der Waals surface area contributed by atoms with Crippen LogP contribution in [0.4, 0.5) is 0 Å². The van der Waals surface area contributed by atoms with Gasteiger partial charge < -0.3 is 14.8 Å². The SMILES string of the molecule is CCOc1ccc(C(=O)N[C@H]2C[C@H]3CO[C@H](C(C)C)CN3C2)cc1Cl. The van der Waals surface area contributed by atoms with Crippen molar-refractivity contribution in [1.29, 1.82) is 0 Å². The number of halogens is 1. The first-order chi connectivity index (χ1) is 12.0. The van der Waals surface area contributed by atoms with Gasteiger partial charge in [0.25, 0.3) is 5.91 Å². The van der Waals surface area contributed by atoms with Crippen molar-refractivity contribution in [2.45, 2.75) is 45.4 Å². The number of rotatable bonds is 5. The lowest BCUT2D eigenvalue weighted by Crippen LogP contribution is -2.48. The van der Waals surface area contributed by atoms with Crippen molar-refractivity contribution >= 4 is 17.5 Å². The molecule has 3 atom stereocenters. The van der Waals surface area contributed by atoms with E-state index < -0.39 is 0 Å². The summed E-state index contributed by atoms with van der Waals surface area (Å²) >= 11 is 6.18. The van der Waals surface area contributed by atoms with Crippen molar-refractivity contribution < 1.29 is 14.3 Å². The lowest BCUT2D eigenvalue weighted by molar-refractivity contribution is -0.0683. The third-order valence-corrected chi connectivity index (χ3v) is 5.31. The van der Waals surface area contributed by atoms with Gasteiger partial charge >= 0.3 is 0 Å². The Morgan fingerprint density at radius 2 is 2.24 bits per heavy atom. The van der Waals surface area contributed by atoms with E-state index in [1.807, 2.05) is 6.92 Å². The summed E-state index contributed by atoms with van der Waals surface area (Å²) in [4.78, 5) is 15.0. The number of amides is 1. The van der Waals surface area contributed by atoms with Crippen LogP contribution in [0.15, 0.2) is 18.2 Å². The average Bonchev–Trinajstić information content (AvgIpc) is 2.97. The molecule has 138 valence electrons. The Bertz CT molecular complexity index is 623. The molecule has 0 aliphatic carbocycles. The molecule has 0 unspecified atom stereocenters. The van der Waals surface area contributed by atoms with Crippen LogP contribution in [-0.4, -0.2) is 55.3 Å². The fourth-order valence-corrected chi connectivity index (χ4v) is 3.83. The first-order valence-electron chi connectivity index (χ1n) is 9.06. The molecule has 2 heterocycles. The molecule has 0 aromatic heterocycles. The number of ether oxygens (including phenoxy) is 2. The van der Waals surface area contributed by atoms with Crippen LogP contribution in [0.25, 0.3) is 0 Å². The first-order valence-corrected chi connectivity index (χ1v) is 9.44. The van der Waals surface area contributed by atoms with Gasteiger partial charge in [-0.3, -0.25) is 9.69 Å². The second-order valence-corrected chi connectivity index (χ2v) is 7.62. The number of nitrogens with one attached hydrogen (secondary N) is 1. The minimum Gasteiger partial charge on any atom is -0.492 e. The maximum atomic E-state index is 12.5. The van der Waals surface area contributed by atoms with E-state index in [4.69, 9.17) is 21.1 Å². The highest BCUT2D eigenvalue weighted by Crippen LogP contribution is 2.27. The number of hydrogen-bond acceptors (Lipinski definition) is 4. The van der Waals surface area contributed by atoms with Gasteiger partial charge in [-0.25, -0.2) is 0 Å². The molecular formula is C19H27ClN2O3. The van der Waals surface area contributed by atoms with E-state index in [2.05, 4.69) is 24.1 Å².